The first-order valence-electron chi connectivity index (χ1n) is 10.2. The van der Waals surface area contributed by atoms with Crippen molar-refractivity contribution in [3.05, 3.63) is 59.8 Å². The first-order chi connectivity index (χ1) is 15.1. The van der Waals surface area contributed by atoms with Crippen LogP contribution in [0.4, 0.5) is 11.4 Å². The molecule has 2 aromatic rings. The lowest BCUT2D eigenvalue weighted by atomic mass is 10.2. The molecular weight excluding hydrogens is 394 g/mol. The third kappa shape index (κ3) is 5.08. The molecule has 4 rings (SSSR count). The number of amides is 1. The number of nitriles is 1. The molecule has 2 heterocycles. The van der Waals surface area contributed by atoms with Crippen LogP contribution < -0.4 is 25.0 Å². The molecule has 2 N–H and O–H groups in total. The fourth-order valence-corrected chi connectivity index (χ4v) is 3.47. The van der Waals surface area contributed by atoms with Crippen LogP contribution in [-0.2, 0) is 11.3 Å². The maximum Gasteiger partial charge on any atom is 0.263 e. The predicted molar refractivity (Wildman–Crippen MR) is 118 cm³/mol. The summed E-state index contributed by atoms with van der Waals surface area (Å²) < 4.78 is 10.6. The number of ether oxygens (including phenoxy) is 2. The van der Waals surface area contributed by atoms with E-state index in [9.17, 15) is 10.1 Å². The Hall–Kier alpha value is -3.70. The summed E-state index contributed by atoms with van der Waals surface area (Å²) in [6.07, 6.45) is 1.43. The molecule has 31 heavy (non-hydrogen) atoms. The Bertz CT molecular complexity index is 1000. The zero-order valence-corrected chi connectivity index (χ0v) is 17.4. The van der Waals surface area contributed by atoms with Gasteiger partial charge in [0.1, 0.15) is 11.6 Å². The maximum atomic E-state index is 12.4. The Labute approximate surface area is 181 Å². The lowest BCUT2D eigenvalue weighted by molar-refractivity contribution is -0.117. The standard InChI is InChI=1S/C23H25N5O3/c1-27-8-10-28(11-9-27)20-5-3-19(4-6-20)25-15-18(13-24)23(29)26-14-17-2-7-21-22(12-17)31-16-30-21/h2-7,12,15,25H,8-11,14,16H2,1H3,(H,26,29)/b18-15-. The van der Waals surface area contributed by atoms with Crippen molar-refractivity contribution in [2.75, 3.05) is 50.2 Å². The van der Waals surface area contributed by atoms with Crippen molar-refractivity contribution < 1.29 is 14.3 Å². The summed E-state index contributed by atoms with van der Waals surface area (Å²) in [6.45, 7) is 4.60. The van der Waals surface area contributed by atoms with Crippen molar-refractivity contribution in [2.45, 2.75) is 6.54 Å². The normalized spacial score (nSPS) is 16.0. The van der Waals surface area contributed by atoms with Gasteiger partial charge in [-0.1, -0.05) is 6.07 Å². The van der Waals surface area contributed by atoms with Crippen LogP contribution in [0.1, 0.15) is 5.56 Å². The van der Waals surface area contributed by atoms with Crippen LogP contribution in [0, 0.1) is 11.3 Å². The van der Waals surface area contributed by atoms with Gasteiger partial charge in [0.2, 0.25) is 6.79 Å². The molecule has 0 spiro atoms. The lowest BCUT2D eigenvalue weighted by Crippen LogP contribution is -2.44. The Kier molecular flexibility index (Phi) is 6.24. The van der Waals surface area contributed by atoms with Crippen molar-refractivity contribution in [3.8, 4) is 17.6 Å². The number of fused-ring (bicyclic) bond motifs is 1. The van der Waals surface area contributed by atoms with Crippen molar-refractivity contribution >= 4 is 17.3 Å². The highest BCUT2D eigenvalue weighted by molar-refractivity contribution is 5.97. The van der Waals surface area contributed by atoms with Crippen LogP contribution in [0.2, 0.25) is 0 Å². The quantitative estimate of drug-likeness (QED) is 0.549. The number of nitrogens with one attached hydrogen (secondary N) is 2. The molecule has 8 nitrogen and oxygen atoms in total. The fraction of sp³-hybridized carbons (Fsp3) is 0.304. The minimum Gasteiger partial charge on any atom is -0.454 e. The highest BCUT2D eigenvalue weighted by atomic mass is 16.7. The molecule has 8 heteroatoms. The molecule has 0 bridgehead atoms. The molecule has 0 atom stereocenters. The van der Waals surface area contributed by atoms with E-state index in [-0.39, 0.29) is 18.9 Å². The molecule has 2 aliphatic heterocycles. The van der Waals surface area contributed by atoms with Crippen molar-refractivity contribution in [1.82, 2.24) is 10.2 Å². The summed E-state index contributed by atoms with van der Waals surface area (Å²) in [4.78, 5) is 17.1. The number of hydrogen-bond donors (Lipinski definition) is 2. The molecule has 0 radical (unpaired) electrons. The third-order valence-electron chi connectivity index (χ3n) is 5.37. The van der Waals surface area contributed by atoms with Gasteiger partial charge in [-0.25, -0.2) is 0 Å². The van der Waals surface area contributed by atoms with Crippen LogP contribution in [0.15, 0.2) is 54.2 Å². The number of benzene rings is 2. The smallest absolute Gasteiger partial charge is 0.263 e. The van der Waals surface area contributed by atoms with Crippen LogP contribution in [0.25, 0.3) is 0 Å². The van der Waals surface area contributed by atoms with Gasteiger partial charge in [-0.15, -0.1) is 0 Å². The lowest BCUT2D eigenvalue weighted by Gasteiger charge is -2.34. The van der Waals surface area contributed by atoms with E-state index in [4.69, 9.17) is 9.47 Å². The minimum atomic E-state index is -0.443. The van der Waals surface area contributed by atoms with Gasteiger partial charge in [-0.05, 0) is 49.0 Å². The second-order valence-electron chi connectivity index (χ2n) is 7.52. The number of nitrogens with zero attached hydrogens (tertiary/aromatic N) is 3. The van der Waals surface area contributed by atoms with Gasteiger partial charge < -0.3 is 29.9 Å². The molecule has 2 aromatic carbocycles. The molecule has 0 unspecified atom stereocenters. The molecule has 2 aliphatic rings. The Morgan fingerprint density at radius 3 is 2.58 bits per heavy atom. The first kappa shape index (κ1) is 20.6. The summed E-state index contributed by atoms with van der Waals surface area (Å²) >= 11 is 0. The van der Waals surface area contributed by atoms with Crippen LogP contribution >= 0.6 is 0 Å². The number of likely N-dealkylation sites (N-methyl/N-ethyl adjacent to an activating group) is 1. The van der Waals surface area contributed by atoms with E-state index in [1.165, 1.54) is 11.9 Å². The van der Waals surface area contributed by atoms with E-state index >= 15 is 0 Å². The van der Waals surface area contributed by atoms with Gasteiger partial charge in [-0.3, -0.25) is 4.79 Å². The van der Waals surface area contributed by atoms with E-state index in [0.717, 1.165) is 37.4 Å². The topological polar surface area (TPSA) is 89.9 Å². The SMILES string of the molecule is CN1CCN(c2ccc(N/C=C(/C#N)C(=O)NCc3ccc4c(c3)OCO4)cc2)CC1. The van der Waals surface area contributed by atoms with Crippen LogP contribution in [0.5, 0.6) is 11.5 Å². The van der Waals surface area contributed by atoms with E-state index < -0.39 is 5.91 Å². The van der Waals surface area contributed by atoms with Crippen molar-refractivity contribution in [2.24, 2.45) is 0 Å². The number of carbonyl (C=O) groups is 1. The van der Waals surface area contributed by atoms with E-state index in [0.29, 0.717) is 11.5 Å². The highest BCUT2D eigenvalue weighted by Gasteiger charge is 2.15. The predicted octanol–water partition coefficient (Wildman–Crippen LogP) is 2.30. The fourth-order valence-electron chi connectivity index (χ4n) is 3.47. The average molecular weight is 419 g/mol. The Morgan fingerprint density at radius 1 is 1.10 bits per heavy atom. The average Bonchev–Trinajstić information content (AvgIpc) is 3.27. The maximum absolute atomic E-state index is 12.4. The van der Waals surface area contributed by atoms with Crippen LogP contribution in [0.3, 0.4) is 0 Å². The number of piperazine rings is 1. The summed E-state index contributed by atoms with van der Waals surface area (Å²) in [7, 11) is 2.13. The highest BCUT2D eigenvalue weighted by Crippen LogP contribution is 2.32. The van der Waals surface area contributed by atoms with Crippen molar-refractivity contribution in [3.63, 3.8) is 0 Å². The molecule has 1 amide bonds. The zero-order chi connectivity index (χ0) is 21.6. The monoisotopic (exact) mass is 419 g/mol. The molecule has 160 valence electrons. The Balaban J connectivity index is 1.31. The van der Waals surface area contributed by atoms with E-state index in [1.807, 2.05) is 42.5 Å². The minimum absolute atomic E-state index is 0.00360. The van der Waals surface area contributed by atoms with Gasteiger partial charge in [-0.2, -0.15) is 5.26 Å². The molecule has 0 aliphatic carbocycles. The summed E-state index contributed by atoms with van der Waals surface area (Å²) in [5.41, 5.74) is 2.85. The number of anilines is 2. The third-order valence-corrected chi connectivity index (χ3v) is 5.37. The second kappa shape index (κ2) is 9.41. The first-order valence-corrected chi connectivity index (χ1v) is 10.2. The second-order valence-corrected chi connectivity index (χ2v) is 7.52. The van der Waals surface area contributed by atoms with Gasteiger partial charge in [0.15, 0.2) is 11.5 Å². The molecule has 1 fully saturated rings. The van der Waals surface area contributed by atoms with Crippen LogP contribution in [-0.4, -0.2) is 50.8 Å². The summed E-state index contributed by atoms with van der Waals surface area (Å²) in [5.74, 6) is 0.904. The van der Waals surface area contributed by atoms with Gasteiger partial charge in [0, 0.05) is 50.3 Å². The molecule has 1 saturated heterocycles. The van der Waals surface area contributed by atoms with E-state index in [2.05, 4.69) is 27.5 Å². The molecular formula is C23H25N5O3. The van der Waals surface area contributed by atoms with E-state index in [1.54, 1.807) is 6.07 Å². The van der Waals surface area contributed by atoms with Gasteiger partial charge in [0.25, 0.3) is 5.91 Å². The molecule has 0 aromatic heterocycles. The number of carbonyl (C=O) groups excluding carboxylic acids is 1. The largest absolute Gasteiger partial charge is 0.454 e. The van der Waals surface area contributed by atoms with Crippen molar-refractivity contribution in [1.29, 1.82) is 5.26 Å². The van der Waals surface area contributed by atoms with Gasteiger partial charge in [0.05, 0.1) is 0 Å². The Morgan fingerprint density at radius 2 is 1.84 bits per heavy atom. The summed E-state index contributed by atoms with van der Waals surface area (Å²) in [5, 5.41) is 15.2. The number of rotatable bonds is 6. The summed E-state index contributed by atoms with van der Waals surface area (Å²) in [6, 6.07) is 15.4. The van der Waals surface area contributed by atoms with Gasteiger partial charge >= 0.3 is 0 Å². The number of hydrogen-bond acceptors (Lipinski definition) is 7. The zero-order valence-electron chi connectivity index (χ0n) is 17.4. The molecule has 0 saturated carbocycles.